The number of aliphatic hydroxyl groups is 1. The Hall–Kier alpha value is -7.36. The molecular weight excluding hydrogens is 969 g/mol. The van der Waals surface area contributed by atoms with Gasteiger partial charge in [-0.15, -0.1) is 12.3 Å². The highest BCUT2D eigenvalue weighted by Gasteiger charge is 2.39. The highest BCUT2D eigenvalue weighted by molar-refractivity contribution is 6.40. The van der Waals surface area contributed by atoms with Crippen molar-refractivity contribution in [3.05, 3.63) is 30.0 Å². The molecule has 2 heterocycles. The van der Waals surface area contributed by atoms with Crippen molar-refractivity contribution in [1.29, 1.82) is 5.41 Å². The molecular formula is C45H74N18O11. The number of aromatic amines is 1. The SMILES string of the molecule is C#CC[C@H](NC(=O)[C@@H](NC(=O)[C@@H](N)CCCCN)[C@@H](O)CN)C(=O)NCC(=O)/N=C(\CCCN)C(=O)N1CCC[C@H]1C(=O)N[C@@H](Cc1cnc[nH]1)C(=O)N[C@@H](CCCCN)C(=O)N/C(=C\CCNC(=N)N)C(=O)O. The number of aromatic nitrogens is 2. The number of hydrogen-bond acceptors (Lipinski definition) is 17. The largest absolute Gasteiger partial charge is 0.477 e. The molecule has 1 aliphatic heterocycles. The number of hydrogen-bond donors (Lipinski definition) is 17. The second kappa shape index (κ2) is 34.1. The number of likely N-dealkylation sites (tertiary alicyclic amines) is 1. The van der Waals surface area contributed by atoms with Gasteiger partial charge in [-0.3, -0.25) is 43.8 Å². The molecule has 1 aromatic rings. The topological polar surface area (TPSA) is 503 Å². The van der Waals surface area contributed by atoms with E-state index in [1.807, 2.05) is 0 Å². The summed E-state index contributed by atoms with van der Waals surface area (Å²) >= 11 is 0. The maximum atomic E-state index is 14.1. The van der Waals surface area contributed by atoms with Gasteiger partial charge >= 0.3 is 5.97 Å². The maximum absolute atomic E-state index is 14.1. The van der Waals surface area contributed by atoms with Crippen LogP contribution in [0.5, 0.6) is 0 Å². The predicted molar refractivity (Wildman–Crippen MR) is 269 cm³/mol. The van der Waals surface area contributed by atoms with Crippen LogP contribution in [0, 0.1) is 17.8 Å². The molecule has 1 fully saturated rings. The lowest BCUT2D eigenvalue weighted by molar-refractivity contribution is -0.137. The Bertz CT molecular complexity index is 2170. The van der Waals surface area contributed by atoms with E-state index < -0.39 is 121 Å². The highest BCUT2D eigenvalue weighted by Crippen LogP contribution is 2.20. The van der Waals surface area contributed by atoms with Crippen LogP contribution in [-0.4, -0.2) is 178 Å². The van der Waals surface area contributed by atoms with Crippen LogP contribution in [0.15, 0.2) is 29.3 Å². The average Bonchev–Trinajstić information content (AvgIpc) is 4.09. The third-order valence-corrected chi connectivity index (χ3v) is 11.3. The number of carboxylic acids is 1. The summed E-state index contributed by atoms with van der Waals surface area (Å²) in [6, 6.07) is -8.01. The molecule has 0 aliphatic carbocycles. The van der Waals surface area contributed by atoms with Gasteiger partial charge in [-0.25, -0.2) is 14.8 Å². The van der Waals surface area contributed by atoms with Gasteiger partial charge in [0, 0.05) is 44.4 Å². The van der Waals surface area contributed by atoms with E-state index in [4.69, 9.17) is 46.2 Å². The maximum Gasteiger partial charge on any atom is 0.352 e. The number of aliphatic carboxylic acids is 1. The molecule has 29 heteroatoms. The smallest absolute Gasteiger partial charge is 0.352 e. The first-order chi connectivity index (χ1) is 35.3. The first-order valence-corrected chi connectivity index (χ1v) is 24.2. The number of unbranched alkanes of at least 4 members (excludes halogenated alkanes) is 2. The molecule has 0 spiro atoms. The van der Waals surface area contributed by atoms with E-state index in [1.165, 1.54) is 23.5 Å². The van der Waals surface area contributed by atoms with Crippen molar-refractivity contribution in [2.45, 2.75) is 126 Å². The molecule has 0 saturated carbocycles. The summed E-state index contributed by atoms with van der Waals surface area (Å²) in [5, 5.41) is 44.6. The zero-order valence-electron chi connectivity index (χ0n) is 41.4. The third kappa shape index (κ3) is 22.2. The van der Waals surface area contributed by atoms with Crippen molar-refractivity contribution < 1.29 is 53.4 Å². The number of rotatable bonds is 34. The third-order valence-electron chi connectivity index (χ3n) is 11.3. The van der Waals surface area contributed by atoms with E-state index in [9.17, 15) is 53.4 Å². The monoisotopic (exact) mass is 1040 g/mol. The first-order valence-electron chi connectivity index (χ1n) is 24.2. The van der Waals surface area contributed by atoms with Crippen molar-refractivity contribution in [3.8, 4) is 12.3 Å². The Morgan fingerprint density at radius 2 is 1.55 bits per heavy atom. The number of carbonyl (C=O) groups is 9. The zero-order valence-corrected chi connectivity index (χ0v) is 41.4. The fourth-order valence-corrected chi connectivity index (χ4v) is 7.33. The van der Waals surface area contributed by atoms with E-state index >= 15 is 0 Å². The second-order valence-corrected chi connectivity index (χ2v) is 17.1. The number of carboxylic acid groups (broad SMARTS) is 1. The number of aliphatic imine (C=N–C) groups is 1. The van der Waals surface area contributed by atoms with Crippen LogP contribution in [0.2, 0.25) is 0 Å². The minimum Gasteiger partial charge on any atom is -0.477 e. The molecule has 0 bridgehead atoms. The summed E-state index contributed by atoms with van der Waals surface area (Å²) in [5.74, 6) is -6.59. The van der Waals surface area contributed by atoms with Crippen molar-refractivity contribution >= 4 is 64.9 Å². The number of H-pyrrole nitrogens is 1. The fourth-order valence-electron chi connectivity index (χ4n) is 7.33. The van der Waals surface area contributed by atoms with E-state index in [2.05, 4.69) is 58.1 Å². The average molecular weight is 1040 g/mol. The number of guanidine groups is 1. The molecule has 0 radical (unpaired) electrons. The number of nitrogens with zero attached hydrogens (tertiary/aromatic N) is 3. The van der Waals surface area contributed by atoms with Gasteiger partial charge < -0.3 is 91.7 Å². The summed E-state index contributed by atoms with van der Waals surface area (Å²) in [4.78, 5) is 132. The Morgan fingerprint density at radius 3 is 2.16 bits per heavy atom. The number of terminal acetylenes is 1. The highest BCUT2D eigenvalue weighted by atomic mass is 16.4. The summed E-state index contributed by atoms with van der Waals surface area (Å²) in [7, 11) is 0. The predicted octanol–water partition coefficient (Wildman–Crippen LogP) is -6.41. The summed E-state index contributed by atoms with van der Waals surface area (Å²) in [5.41, 5.74) is 33.3. The molecule has 410 valence electrons. The lowest BCUT2D eigenvalue weighted by Crippen LogP contribution is -2.60. The molecule has 1 aliphatic rings. The number of amides is 8. The van der Waals surface area contributed by atoms with Gasteiger partial charge in [-0.2, -0.15) is 0 Å². The molecule has 1 aromatic heterocycles. The normalized spacial score (nSPS) is 16.0. The van der Waals surface area contributed by atoms with Gasteiger partial charge in [-0.05, 0) is 83.8 Å². The van der Waals surface area contributed by atoms with Crippen LogP contribution >= 0.6 is 0 Å². The quantitative estimate of drug-likeness (QED) is 0.0100. The second-order valence-electron chi connectivity index (χ2n) is 17.1. The summed E-state index contributed by atoms with van der Waals surface area (Å²) in [6.45, 7) is -0.380. The van der Waals surface area contributed by atoms with Crippen molar-refractivity contribution in [2.24, 2.45) is 39.4 Å². The molecule has 0 aromatic carbocycles. The number of carbonyl (C=O) groups excluding carboxylic acids is 8. The van der Waals surface area contributed by atoms with E-state index in [-0.39, 0.29) is 82.8 Å². The molecule has 29 nitrogen and oxygen atoms in total. The van der Waals surface area contributed by atoms with Crippen LogP contribution < -0.4 is 71.6 Å². The van der Waals surface area contributed by atoms with Gasteiger partial charge in [0.15, 0.2) is 5.96 Å². The van der Waals surface area contributed by atoms with E-state index in [1.54, 1.807) is 0 Å². The number of imidazole rings is 1. The van der Waals surface area contributed by atoms with Crippen LogP contribution in [0.25, 0.3) is 0 Å². The van der Waals surface area contributed by atoms with Gasteiger partial charge in [0.05, 0.1) is 25.0 Å². The standard InChI is InChI=1S/C45H74N18O11/c1-2-10-28(59-42(71)36(34(64)22-49)62-37(66)27(50)11-3-5-16-46)38(67)55-24-35(65)57-30(13-7-18-48)43(72)63-20-9-15-33(63)41(70)61-32(21-26-23-53-25-56-26)40(69)58-29(12-4-6-17-47)39(68)60-31(44(73)74)14-8-19-54-45(51)52/h1,14,23,25,27-29,32-34,36,64H,3-13,15-22,24,46-50H2,(H,53,56)(H,55,67)(H,58,69)(H,59,71)(H,60,68)(H,61,70)(H,62,66)(H,73,74)(H4,51,52,54)/b31-14-,57-30+/t27-,28-,29-,32-,33-,34-,36-/m0/s1. The van der Waals surface area contributed by atoms with Crippen molar-refractivity contribution in [1.82, 2.24) is 52.1 Å². The first kappa shape index (κ1) is 62.8. The van der Waals surface area contributed by atoms with Gasteiger partial charge in [0.25, 0.3) is 11.8 Å². The van der Waals surface area contributed by atoms with Crippen molar-refractivity contribution in [3.63, 3.8) is 0 Å². The van der Waals surface area contributed by atoms with E-state index in [0.29, 0.717) is 44.3 Å². The van der Waals surface area contributed by atoms with Gasteiger partial charge in [0.2, 0.25) is 35.4 Å². The molecule has 1 saturated heterocycles. The molecule has 23 N–H and O–H groups in total. The lowest BCUT2D eigenvalue weighted by atomic mass is 10.1. The minimum atomic E-state index is -1.64. The van der Waals surface area contributed by atoms with Crippen LogP contribution in [0.3, 0.4) is 0 Å². The molecule has 0 unspecified atom stereocenters. The number of nitrogens with one attached hydrogen (secondary N) is 9. The minimum absolute atomic E-state index is 0.0346. The Balaban J connectivity index is 2.29. The summed E-state index contributed by atoms with van der Waals surface area (Å²) < 4.78 is 0. The van der Waals surface area contributed by atoms with Gasteiger partial charge in [-0.1, -0.05) is 12.5 Å². The number of aliphatic hydroxyl groups excluding tert-OH is 1. The zero-order chi connectivity index (χ0) is 55.2. The molecule has 2 rings (SSSR count). The van der Waals surface area contributed by atoms with Crippen molar-refractivity contribution in [2.75, 3.05) is 45.8 Å². The Kier molecular flexibility index (Phi) is 28.9. The molecule has 8 amide bonds. The Morgan fingerprint density at radius 1 is 0.878 bits per heavy atom. The fraction of sp³-hybridized carbons (Fsp3) is 0.600. The van der Waals surface area contributed by atoms with Crippen LogP contribution in [0.4, 0.5) is 0 Å². The van der Waals surface area contributed by atoms with Crippen LogP contribution in [-0.2, 0) is 49.6 Å². The molecule has 7 atom stereocenters. The number of nitrogens with two attached hydrogens (primary N) is 6. The summed E-state index contributed by atoms with van der Waals surface area (Å²) in [6.07, 6.45) is 10.1. The van der Waals surface area contributed by atoms with Crippen LogP contribution in [0.1, 0.15) is 82.7 Å². The van der Waals surface area contributed by atoms with E-state index in [0.717, 1.165) is 0 Å². The van der Waals surface area contributed by atoms with Gasteiger partial charge in [0.1, 0.15) is 41.6 Å². The Labute approximate surface area is 428 Å². The molecule has 74 heavy (non-hydrogen) atoms. The lowest BCUT2D eigenvalue weighted by Gasteiger charge is -2.27.